The third-order valence-corrected chi connectivity index (χ3v) is 6.39. The van der Waals surface area contributed by atoms with Gasteiger partial charge >= 0.3 is 0 Å². The Morgan fingerprint density at radius 1 is 1.18 bits per heavy atom. The summed E-state index contributed by atoms with van der Waals surface area (Å²) < 4.78 is 9.39. The first-order valence-corrected chi connectivity index (χ1v) is 11.4. The van der Waals surface area contributed by atoms with Crippen molar-refractivity contribution in [1.29, 1.82) is 5.26 Å². The van der Waals surface area contributed by atoms with Gasteiger partial charge in [0.15, 0.2) is 11.6 Å². The maximum Gasteiger partial charge on any atom is 0.174 e. The molecule has 8 heteroatoms. The minimum Gasteiger partial charge on any atom is -0.495 e. The van der Waals surface area contributed by atoms with Crippen LogP contribution in [0.4, 0.5) is 0 Å². The van der Waals surface area contributed by atoms with Crippen molar-refractivity contribution in [2.24, 2.45) is 0 Å². The summed E-state index contributed by atoms with van der Waals surface area (Å²) in [6.07, 6.45) is 9.08. The molecule has 170 valence electrons. The Balaban J connectivity index is 1.46. The molecule has 0 aliphatic carbocycles. The van der Waals surface area contributed by atoms with Crippen molar-refractivity contribution in [3.63, 3.8) is 0 Å². The summed E-state index contributed by atoms with van der Waals surface area (Å²) in [7, 11) is 1.65. The van der Waals surface area contributed by atoms with E-state index in [9.17, 15) is 5.26 Å². The predicted molar refractivity (Wildman–Crippen MR) is 131 cm³/mol. The van der Waals surface area contributed by atoms with Crippen molar-refractivity contribution in [3.8, 4) is 17.5 Å². The molecule has 0 bridgehead atoms. The van der Waals surface area contributed by atoms with E-state index >= 15 is 0 Å². The molecular weight excluding hydrogens is 448 g/mol. The largest absolute Gasteiger partial charge is 0.495 e. The van der Waals surface area contributed by atoms with Crippen LogP contribution in [0.2, 0.25) is 5.02 Å². The summed E-state index contributed by atoms with van der Waals surface area (Å²) in [5.74, 6) is 1.98. The van der Waals surface area contributed by atoms with E-state index in [-0.39, 0.29) is 0 Å². The fourth-order valence-electron chi connectivity index (χ4n) is 4.42. The van der Waals surface area contributed by atoms with Gasteiger partial charge < -0.3 is 9.30 Å². The first kappa shape index (κ1) is 21.9. The van der Waals surface area contributed by atoms with Gasteiger partial charge in [-0.05, 0) is 61.2 Å². The van der Waals surface area contributed by atoms with E-state index in [0.717, 1.165) is 41.2 Å². The smallest absolute Gasteiger partial charge is 0.174 e. The molecule has 3 heterocycles. The molecule has 1 aliphatic rings. The van der Waals surface area contributed by atoms with Gasteiger partial charge in [0.1, 0.15) is 11.2 Å². The summed E-state index contributed by atoms with van der Waals surface area (Å²) in [6.45, 7) is 2.69. The molecule has 0 saturated heterocycles. The maximum absolute atomic E-state index is 10.2. The van der Waals surface area contributed by atoms with Crippen LogP contribution in [0.15, 0.2) is 55.0 Å². The van der Waals surface area contributed by atoms with Gasteiger partial charge in [0.25, 0.3) is 0 Å². The molecule has 5 rings (SSSR count). The fourth-order valence-corrected chi connectivity index (χ4v) is 4.55. The summed E-state index contributed by atoms with van der Waals surface area (Å²) >= 11 is 6.07. The minimum atomic E-state index is -0.838. The molecule has 0 amide bonds. The first-order chi connectivity index (χ1) is 16.5. The Bertz CT molecular complexity index is 1410. The Labute approximate surface area is 202 Å². The highest BCUT2D eigenvalue weighted by Gasteiger charge is 2.42. The number of aromatic nitrogens is 5. The van der Waals surface area contributed by atoms with Gasteiger partial charge in [-0.15, -0.1) is 0 Å². The van der Waals surface area contributed by atoms with Crippen LogP contribution in [-0.2, 0) is 12.0 Å². The Morgan fingerprint density at radius 2 is 2.00 bits per heavy atom. The summed E-state index contributed by atoms with van der Waals surface area (Å²) in [5.41, 5.74) is 2.86. The lowest BCUT2D eigenvalue weighted by Crippen LogP contribution is -2.34. The van der Waals surface area contributed by atoms with E-state index in [0.29, 0.717) is 23.1 Å². The third-order valence-electron chi connectivity index (χ3n) is 6.14. The predicted octanol–water partition coefficient (Wildman–Crippen LogP) is 5.21. The average molecular weight is 471 g/mol. The molecule has 0 unspecified atom stereocenters. The summed E-state index contributed by atoms with van der Waals surface area (Å²) in [4.78, 5) is 9.05. The van der Waals surface area contributed by atoms with Crippen molar-refractivity contribution in [3.05, 3.63) is 88.5 Å². The fraction of sp³-hybridized carbons (Fsp3) is 0.231. The first-order valence-electron chi connectivity index (χ1n) is 11.0. The molecule has 0 radical (unpaired) electrons. The van der Waals surface area contributed by atoms with Crippen LogP contribution in [0, 0.1) is 18.3 Å². The van der Waals surface area contributed by atoms with Gasteiger partial charge in [-0.2, -0.15) is 10.4 Å². The van der Waals surface area contributed by atoms with Gasteiger partial charge in [0.05, 0.1) is 30.9 Å². The zero-order chi connectivity index (χ0) is 23.7. The maximum atomic E-state index is 10.2. The number of halogens is 1. The number of nitriles is 1. The molecule has 2 aromatic carbocycles. The molecule has 7 nitrogen and oxygen atoms in total. The molecule has 1 atom stereocenters. The third kappa shape index (κ3) is 3.87. The average Bonchev–Trinajstić information content (AvgIpc) is 3.49. The minimum absolute atomic E-state index is 0.568. The lowest BCUT2D eigenvalue weighted by Gasteiger charge is -2.30. The number of fused-ring (bicyclic) bond motifs is 1. The molecule has 1 aliphatic heterocycles. The number of rotatable bonds is 5. The van der Waals surface area contributed by atoms with Crippen molar-refractivity contribution in [2.75, 3.05) is 7.11 Å². The van der Waals surface area contributed by atoms with Crippen molar-refractivity contribution in [1.82, 2.24) is 24.3 Å². The Hall–Kier alpha value is -3.89. The molecule has 2 aromatic heterocycles. The number of methoxy groups -OCH3 is 1. The van der Waals surface area contributed by atoms with Gasteiger partial charge in [-0.1, -0.05) is 35.9 Å². The molecule has 0 spiro atoms. The van der Waals surface area contributed by atoms with Crippen LogP contribution in [0.5, 0.6) is 5.75 Å². The second kappa shape index (κ2) is 8.81. The Morgan fingerprint density at radius 3 is 2.71 bits per heavy atom. The number of hydrogen-bond acceptors (Lipinski definition) is 5. The lowest BCUT2D eigenvalue weighted by atomic mass is 9.75. The van der Waals surface area contributed by atoms with E-state index < -0.39 is 5.41 Å². The van der Waals surface area contributed by atoms with Crippen molar-refractivity contribution < 1.29 is 4.74 Å². The topological polar surface area (TPSA) is 81.5 Å². The molecule has 0 N–H and O–H groups in total. The molecule has 4 aromatic rings. The number of aryl methyl sites for hydroxylation is 2. The highest BCUT2D eigenvalue weighted by Crippen LogP contribution is 2.39. The standard InChI is InChI=1S/C26H23ClN6O/c1-18-15-32(17-29-18)22-10-4-19(14-23(22)34-2)5-11-24-30-25-26(16-28,12-3-13-33(25)31-24)20-6-8-21(27)9-7-20/h4-11,14-15,17H,3,12-13H2,1-2H3/t26-/m1/s1. The van der Waals surface area contributed by atoms with Gasteiger partial charge in [0, 0.05) is 17.8 Å². The molecule has 0 fully saturated rings. The van der Waals surface area contributed by atoms with Crippen LogP contribution in [-0.4, -0.2) is 31.4 Å². The lowest BCUT2D eigenvalue weighted by molar-refractivity contribution is 0.393. The highest BCUT2D eigenvalue weighted by molar-refractivity contribution is 6.30. The quantitative estimate of drug-likeness (QED) is 0.400. The zero-order valence-electron chi connectivity index (χ0n) is 18.9. The van der Waals surface area contributed by atoms with E-state index in [1.54, 1.807) is 13.4 Å². The summed E-state index contributed by atoms with van der Waals surface area (Å²) in [5, 5.41) is 15.5. The monoisotopic (exact) mass is 470 g/mol. The molecule has 34 heavy (non-hydrogen) atoms. The second-order valence-electron chi connectivity index (χ2n) is 8.33. The van der Waals surface area contributed by atoms with E-state index in [2.05, 4.69) is 16.2 Å². The van der Waals surface area contributed by atoms with Gasteiger partial charge in [-0.25, -0.2) is 14.6 Å². The van der Waals surface area contributed by atoms with Crippen molar-refractivity contribution in [2.45, 2.75) is 31.7 Å². The number of nitrogens with zero attached hydrogens (tertiary/aromatic N) is 6. The van der Waals surface area contributed by atoms with E-state index in [1.807, 2.05) is 77.0 Å². The molecular formula is C26H23ClN6O. The number of imidazole rings is 1. The summed E-state index contributed by atoms with van der Waals surface area (Å²) in [6, 6.07) is 15.9. The van der Waals surface area contributed by atoms with E-state index in [4.69, 9.17) is 21.3 Å². The second-order valence-corrected chi connectivity index (χ2v) is 8.77. The van der Waals surface area contributed by atoms with Crippen LogP contribution < -0.4 is 4.74 Å². The zero-order valence-corrected chi connectivity index (χ0v) is 19.7. The van der Waals surface area contributed by atoms with Crippen LogP contribution in [0.1, 0.15) is 41.3 Å². The SMILES string of the molecule is COc1cc(C=Cc2nc3n(n2)CCC[C@@]3(C#N)c2ccc(Cl)cc2)ccc1-n1cnc(C)c1. The molecule has 0 saturated carbocycles. The number of hydrogen-bond donors (Lipinski definition) is 0. The number of benzene rings is 2. The van der Waals surface area contributed by atoms with E-state index in [1.165, 1.54) is 0 Å². The normalized spacial score (nSPS) is 17.5. The van der Waals surface area contributed by atoms with Crippen LogP contribution in [0.3, 0.4) is 0 Å². The van der Waals surface area contributed by atoms with Crippen LogP contribution >= 0.6 is 11.6 Å². The van der Waals surface area contributed by atoms with Gasteiger partial charge in [0.2, 0.25) is 0 Å². The highest BCUT2D eigenvalue weighted by atomic mass is 35.5. The van der Waals surface area contributed by atoms with Gasteiger partial charge in [-0.3, -0.25) is 0 Å². The number of ether oxygens (including phenoxy) is 1. The van der Waals surface area contributed by atoms with Crippen LogP contribution in [0.25, 0.3) is 17.8 Å². The Kier molecular flexibility index (Phi) is 5.68. The van der Waals surface area contributed by atoms with Crippen molar-refractivity contribution >= 4 is 23.8 Å².